The highest BCUT2D eigenvalue weighted by Crippen LogP contribution is 2.22. The van der Waals surface area contributed by atoms with Gasteiger partial charge in [-0.1, -0.05) is 18.2 Å². The number of hydrogen-bond donors (Lipinski definition) is 2. The van der Waals surface area contributed by atoms with Crippen molar-refractivity contribution in [1.29, 1.82) is 0 Å². The molecule has 2 rings (SSSR count). The van der Waals surface area contributed by atoms with Crippen LogP contribution in [-0.4, -0.2) is 12.5 Å². The van der Waals surface area contributed by atoms with Crippen molar-refractivity contribution in [2.24, 2.45) is 0 Å². The maximum Gasteiger partial charge on any atom is 0.255 e. The average Bonchev–Trinajstić information content (AvgIpc) is 2.45. The third kappa shape index (κ3) is 3.37. The molecule has 0 heterocycles. The van der Waals surface area contributed by atoms with Gasteiger partial charge in [0.25, 0.3) is 5.91 Å². The number of benzene rings is 2. The van der Waals surface area contributed by atoms with E-state index in [9.17, 15) is 13.6 Å². The van der Waals surface area contributed by atoms with Crippen LogP contribution in [0.4, 0.5) is 20.2 Å². The number of carbonyl (C=O) groups is 1. The van der Waals surface area contributed by atoms with Crippen LogP contribution in [0.5, 0.6) is 0 Å². The molecule has 0 saturated heterocycles. The van der Waals surface area contributed by atoms with Crippen LogP contribution in [0.3, 0.4) is 0 Å². The average molecular weight is 290 g/mol. The summed E-state index contributed by atoms with van der Waals surface area (Å²) in [4.78, 5) is 12.1. The summed E-state index contributed by atoms with van der Waals surface area (Å²) >= 11 is 0. The molecule has 2 aromatic carbocycles. The Morgan fingerprint density at radius 3 is 2.33 bits per heavy atom. The molecule has 0 unspecified atom stereocenters. The minimum absolute atomic E-state index is 0.0603. The zero-order valence-electron chi connectivity index (χ0n) is 11.8. The number of hydrogen-bond acceptors (Lipinski definition) is 2. The van der Waals surface area contributed by atoms with Gasteiger partial charge in [-0.3, -0.25) is 4.79 Å². The van der Waals surface area contributed by atoms with E-state index < -0.39 is 17.5 Å². The summed E-state index contributed by atoms with van der Waals surface area (Å²) < 4.78 is 27.6. The van der Waals surface area contributed by atoms with Crippen molar-refractivity contribution in [2.75, 3.05) is 17.2 Å². The Bertz CT molecular complexity index is 648. The number of anilines is 2. The largest absolute Gasteiger partial charge is 0.381 e. The molecule has 3 nitrogen and oxygen atoms in total. The van der Waals surface area contributed by atoms with Crippen molar-refractivity contribution >= 4 is 17.3 Å². The zero-order chi connectivity index (χ0) is 15.4. The summed E-state index contributed by atoms with van der Waals surface area (Å²) in [5, 5.41) is 5.23. The van der Waals surface area contributed by atoms with Gasteiger partial charge >= 0.3 is 0 Å². The molecule has 2 N–H and O–H groups in total. The summed E-state index contributed by atoms with van der Waals surface area (Å²) in [6.45, 7) is 3.96. The van der Waals surface area contributed by atoms with Gasteiger partial charge in [-0.15, -0.1) is 0 Å². The Kier molecular flexibility index (Phi) is 4.52. The molecule has 0 aliphatic rings. The molecule has 0 radical (unpaired) electrons. The molecule has 21 heavy (non-hydrogen) atoms. The predicted octanol–water partition coefficient (Wildman–Crippen LogP) is 3.96. The van der Waals surface area contributed by atoms with Gasteiger partial charge in [-0.05, 0) is 37.6 Å². The smallest absolute Gasteiger partial charge is 0.255 e. The standard InChI is InChI=1S/C16H16F2N2O/c1-3-19-15-12(17)8-11(9-13(15)18)16(21)20-14-7-5-4-6-10(14)2/h4-9,19H,3H2,1-2H3,(H,20,21). The lowest BCUT2D eigenvalue weighted by Crippen LogP contribution is -2.14. The van der Waals surface area contributed by atoms with Crippen LogP contribution in [0.1, 0.15) is 22.8 Å². The minimum atomic E-state index is -0.785. The van der Waals surface area contributed by atoms with E-state index in [1.54, 1.807) is 19.1 Å². The molecular weight excluding hydrogens is 274 g/mol. The summed E-state index contributed by atoms with van der Waals surface area (Å²) in [7, 11) is 0. The SMILES string of the molecule is CCNc1c(F)cc(C(=O)Nc2ccccc2C)cc1F. The third-order valence-corrected chi connectivity index (χ3v) is 3.05. The Labute approximate surface area is 122 Å². The quantitative estimate of drug-likeness (QED) is 0.895. The molecule has 2 aromatic rings. The number of rotatable bonds is 4. The number of aryl methyl sites for hydroxylation is 1. The van der Waals surface area contributed by atoms with E-state index in [-0.39, 0.29) is 11.3 Å². The van der Waals surface area contributed by atoms with Gasteiger partial charge in [-0.2, -0.15) is 0 Å². The lowest BCUT2D eigenvalue weighted by Gasteiger charge is -2.11. The zero-order valence-corrected chi connectivity index (χ0v) is 11.8. The van der Waals surface area contributed by atoms with Crippen LogP contribution >= 0.6 is 0 Å². The highest BCUT2D eigenvalue weighted by molar-refractivity contribution is 6.04. The minimum Gasteiger partial charge on any atom is -0.381 e. The maximum absolute atomic E-state index is 13.8. The lowest BCUT2D eigenvalue weighted by atomic mass is 10.1. The van der Waals surface area contributed by atoms with Crippen LogP contribution < -0.4 is 10.6 Å². The van der Waals surface area contributed by atoms with E-state index in [0.717, 1.165) is 17.7 Å². The van der Waals surface area contributed by atoms with Crippen LogP contribution in [0.15, 0.2) is 36.4 Å². The van der Waals surface area contributed by atoms with Crippen LogP contribution in [0.2, 0.25) is 0 Å². The molecule has 0 aromatic heterocycles. The predicted molar refractivity (Wildman–Crippen MR) is 79.7 cm³/mol. The first-order valence-electron chi connectivity index (χ1n) is 6.62. The van der Waals surface area contributed by atoms with E-state index in [2.05, 4.69) is 10.6 Å². The first kappa shape index (κ1) is 15.0. The molecule has 1 amide bonds. The second-order valence-corrected chi connectivity index (χ2v) is 4.61. The molecule has 0 fully saturated rings. The van der Waals surface area contributed by atoms with Crippen molar-refractivity contribution in [3.05, 3.63) is 59.2 Å². The van der Waals surface area contributed by atoms with Gasteiger partial charge in [-0.25, -0.2) is 8.78 Å². The van der Waals surface area contributed by atoms with Crippen molar-refractivity contribution in [3.8, 4) is 0 Å². The molecule has 0 bridgehead atoms. The van der Waals surface area contributed by atoms with E-state index in [1.165, 1.54) is 0 Å². The highest BCUT2D eigenvalue weighted by atomic mass is 19.1. The first-order valence-corrected chi connectivity index (χ1v) is 6.62. The van der Waals surface area contributed by atoms with Gasteiger partial charge in [0.2, 0.25) is 0 Å². The van der Waals surface area contributed by atoms with E-state index in [0.29, 0.717) is 12.2 Å². The molecule has 0 aliphatic heterocycles. The Hall–Kier alpha value is -2.43. The Morgan fingerprint density at radius 2 is 1.76 bits per heavy atom. The fourth-order valence-corrected chi connectivity index (χ4v) is 1.96. The summed E-state index contributed by atoms with van der Waals surface area (Å²) in [6.07, 6.45) is 0. The number of carbonyl (C=O) groups excluding carboxylic acids is 1. The van der Waals surface area contributed by atoms with Gasteiger partial charge in [0.15, 0.2) is 0 Å². The fraction of sp³-hybridized carbons (Fsp3) is 0.188. The Balaban J connectivity index is 2.26. The van der Waals surface area contributed by atoms with Gasteiger partial charge in [0.05, 0.1) is 0 Å². The van der Waals surface area contributed by atoms with E-state index in [4.69, 9.17) is 0 Å². The lowest BCUT2D eigenvalue weighted by molar-refractivity contribution is 0.102. The fourth-order valence-electron chi connectivity index (χ4n) is 1.96. The summed E-state index contributed by atoms with van der Waals surface area (Å²) in [6, 6.07) is 9.23. The topological polar surface area (TPSA) is 41.1 Å². The molecular formula is C16H16F2N2O. The first-order chi connectivity index (χ1) is 10.0. The van der Waals surface area contributed by atoms with Gasteiger partial charge in [0.1, 0.15) is 17.3 Å². The molecule has 110 valence electrons. The van der Waals surface area contributed by atoms with Gasteiger partial charge < -0.3 is 10.6 Å². The van der Waals surface area contributed by atoms with Gasteiger partial charge in [0, 0.05) is 17.8 Å². The van der Waals surface area contributed by atoms with Crippen LogP contribution in [-0.2, 0) is 0 Å². The van der Waals surface area contributed by atoms with E-state index in [1.807, 2.05) is 19.1 Å². The van der Waals surface area contributed by atoms with Crippen LogP contribution in [0.25, 0.3) is 0 Å². The maximum atomic E-state index is 13.8. The van der Waals surface area contributed by atoms with Crippen molar-refractivity contribution in [2.45, 2.75) is 13.8 Å². The normalized spacial score (nSPS) is 10.3. The molecule has 0 atom stereocenters. The second kappa shape index (κ2) is 6.35. The number of halogens is 2. The van der Waals surface area contributed by atoms with Crippen molar-refractivity contribution < 1.29 is 13.6 Å². The third-order valence-electron chi connectivity index (χ3n) is 3.05. The molecule has 0 spiro atoms. The van der Waals surface area contributed by atoms with Crippen molar-refractivity contribution in [1.82, 2.24) is 0 Å². The molecule has 0 aliphatic carbocycles. The summed E-state index contributed by atoms with van der Waals surface area (Å²) in [5.41, 5.74) is 1.20. The summed E-state index contributed by atoms with van der Waals surface area (Å²) in [5.74, 6) is -2.12. The number of amides is 1. The Morgan fingerprint density at radius 1 is 1.14 bits per heavy atom. The molecule has 0 saturated carbocycles. The van der Waals surface area contributed by atoms with E-state index >= 15 is 0 Å². The van der Waals surface area contributed by atoms with Crippen molar-refractivity contribution in [3.63, 3.8) is 0 Å². The monoisotopic (exact) mass is 290 g/mol. The second-order valence-electron chi connectivity index (χ2n) is 4.61. The molecule has 5 heteroatoms. The number of nitrogens with one attached hydrogen (secondary N) is 2. The highest BCUT2D eigenvalue weighted by Gasteiger charge is 2.15. The van der Waals surface area contributed by atoms with Crippen LogP contribution in [0, 0.1) is 18.6 Å². The number of para-hydroxylation sites is 1.